The van der Waals surface area contributed by atoms with Crippen LogP contribution in [0.4, 0.5) is 0 Å². The maximum absolute atomic E-state index is 11.9. The summed E-state index contributed by atoms with van der Waals surface area (Å²) in [5, 5.41) is 4.91. The summed E-state index contributed by atoms with van der Waals surface area (Å²) < 4.78 is 15.8. The van der Waals surface area contributed by atoms with E-state index in [1.165, 1.54) is 0 Å². The van der Waals surface area contributed by atoms with Gasteiger partial charge in [-0.3, -0.25) is 4.79 Å². The van der Waals surface area contributed by atoms with Gasteiger partial charge < -0.3 is 14.2 Å². The maximum atomic E-state index is 11.9. The molecule has 0 aliphatic rings. The van der Waals surface area contributed by atoms with E-state index in [1.807, 2.05) is 25.1 Å². The SMILES string of the molecule is COc1ccc(C/C(C)=N\NC(=O)COc2ccc(Cl)cc2Cl)cc1OC. The normalized spacial score (nSPS) is 11.1. The smallest absolute Gasteiger partial charge is 0.277 e. The number of methoxy groups -OCH3 is 2. The number of nitrogens with one attached hydrogen (secondary N) is 1. The Morgan fingerprint density at radius 1 is 1.04 bits per heavy atom. The summed E-state index contributed by atoms with van der Waals surface area (Å²) in [7, 11) is 3.16. The van der Waals surface area contributed by atoms with Crippen molar-refractivity contribution in [2.45, 2.75) is 13.3 Å². The number of ether oxygens (including phenoxy) is 3. The second-order valence-electron chi connectivity index (χ2n) is 5.61. The molecule has 0 saturated carbocycles. The van der Waals surface area contributed by atoms with Crippen LogP contribution in [-0.2, 0) is 11.2 Å². The van der Waals surface area contributed by atoms with Gasteiger partial charge in [0.25, 0.3) is 5.91 Å². The molecule has 2 aromatic carbocycles. The molecular weight excluding hydrogens is 391 g/mol. The van der Waals surface area contributed by atoms with Crippen molar-refractivity contribution in [1.82, 2.24) is 5.43 Å². The van der Waals surface area contributed by atoms with Crippen LogP contribution < -0.4 is 19.6 Å². The summed E-state index contributed by atoms with van der Waals surface area (Å²) in [6.45, 7) is 1.60. The molecule has 0 aliphatic heterocycles. The molecular formula is C19H20Cl2N2O4. The minimum Gasteiger partial charge on any atom is -0.493 e. The highest BCUT2D eigenvalue weighted by molar-refractivity contribution is 6.35. The van der Waals surface area contributed by atoms with E-state index in [0.717, 1.165) is 11.3 Å². The van der Waals surface area contributed by atoms with Crippen LogP contribution in [0.5, 0.6) is 17.2 Å². The van der Waals surface area contributed by atoms with E-state index >= 15 is 0 Å². The lowest BCUT2D eigenvalue weighted by atomic mass is 10.1. The Bertz CT molecular complexity index is 840. The molecule has 0 atom stereocenters. The van der Waals surface area contributed by atoms with Crippen molar-refractivity contribution >= 4 is 34.8 Å². The van der Waals surface area contributed by atoms with Gasteiger partial charge in [-0.2, -0.15) is 5.10 Å². The molecule has 8 heteroatoms. The lowest BCUT2D eigenvalue weighted by molar-refractivity contribution is -0.123. The van der Waals surface area contributed by atoms with Crippen LogP contribution in [0.2, 0.25) is 10.0 Å². The van der Waals surface area contributed by atoms with Crippen molar-refractivity contribution in [2.24, 2.45) is 5.10 Å². The molecule has 0 saturated heterocycles. The van der Waals surface area contributed by atoms with Crippen molar-refractivity contribution in [1.29, 1.82) is 0 Å². The highest BCUT2D eigenvalue weighted by Gasteiger charge is 2.08. The Morgan fingerprint density at radius 2 is 1.74 bits per heavy atom. The van der Waals surface area contributed by atoms with Crippen molar-refractivity contribution in [3.05, 3.63) is 52.0 Å². The number of amides is 1. The van der Waals surface area contributed by atoms with Gasteiger partial charge in [-0.15, -0.1) is 0 Å². The molecule has 0 spiro atoms. The van der Waals surface area contributed by atoms with Gasteiger partial charge in [0.1, 0.15) is 5.75 Å². The van der Waals surface area contributed by atoms with Crippen molar-refractivity contribution in [3.8, 4) is 17.2 Å². The fraction of sp³-hybridized carbons (Fsp3) is 0.263. The van der Waals surface area contributed by atoms with E-state index in [1.54, 1.807) is 32.4 Å². The number of benzene rings is 2. The van der Waals surface area contributed by atoms with Crippen LogP contribution in [0, 0.1) is 0 Å². The second kappa shape index (κ2) is 10.0. The van der Waals surface area contributed by atoms with E-state index in [4.69, 9.17) is 37.4 Å². The molecule has 0 unspecified atom stereocenters. The monoisotopic (exact) mass is 410 g/mol. The van der Waals surface area contributed by atoms with Gasteiger partial charge in [-0.1, -0.05) is 29.3 Å². The first-order chi connectivity index (χ1) is 12.9. The third-order valence-electron chi connectivity index (χ3n) is 3.53. The number of hydrogen-bond donors (Lipinski definition) is 1. The molecule has 27 heavy (non-hydrogen) atoms. The quantitative estimate of drug-likeness (QED) is 0.524. The molecule has 0 aromatic heterocycles. The maximum Gasteiger partial charge on any atom is 0.277 e. The number of nitrogens with zero attached hydrogens (tertiary/aromatic N) is 1. The van der Waals surface area contributed by atoms with Crippen LogP contribution >= 0.6 is 23.2 Å². The van der Waals surface area contributed by atoms with E-state index < -0.39 is 5.91 Å². The van der Waals surface area contributed by atoms with E-state index in [9.17, 15) is 4.79 Å². The van der Waals surface area contributed by atoms with Gasteiger partial charge in [-0.25, -0.2) is 5.43 Å². The number of carbonyl (C=O) groups excluding carboxylic acids is 1. The summed E-state index contributed by atoms with van der Waals surface area (Å²) in [6, 6.07) is 10.4. The molecule has 0 fully saturated rings. The zero-order valence-electron chi connectivity index (χ0n) is 15.2. The Hall–Kier alpha value is -2.44. The Labute approximate surface area is 168 Å². The fourth-order valence-corrected chi connectivity index (χ4v) is 2.71. The molecule has 2 rings (SSSR count). The van der Waals surface area contributed by atoms with Gasteiger partial charge in [-0.05, 0) is 42.8 Å². The highest BCUT2D eigenvalue weighted by atomic mass is 35.5. The van der Waals surface area contributed by atoms with E-state index in [2.05, 4.69) is 10.5 Å². The molecule has 0 bridgehead atoms. The first-order valence-electron chi connectivity index (χ1n) is 8.03. The Balaban J connectivity index is 1.88. The summed E-state index contributed by atoms with van der Waals surface area (Å²) in [4.78, 5) is 11.9. The number of halogens is 2. The third-order valence-corrected chi connectivity index (χ3v) is 4.06. The van der Waals surface area contributed by atoms with Crippen LogP contribution in [0.25, 0.3) is 0 Å². The Morgan fingerprint density at radius 3 is 2.41 bits per heavy atom. The molecule has 1 amide bonds. The molecule has 144 valence electrons. The van der Waals surface area contributed by atoms with E-state index in [0.29, 0.717) is 33.7 Å². The number of carbonyl (C=O) groups is 1. The van der Waals surface area contributed by atoms with Crippen molar-refractivity contribution in [2.75, 3.05) is 20.8 Å². The van der Waals surface area contributed by atoms with E-state index in [-0.39, 0.29) is 6.61 Å². The second-order valence-corrected chi connectivity index (χ2v) is 6.46. The van der Waals surface area contributed by atoms with Crippen LogP contribution in [-0.4, -0.2) is 32.4 Å². The molecule has 2 aromatic rings. The first-order valence-corrected chi connectivity index (χ1v) is 8.79. The summed E-state index contributed by atoms with van der Waals surface area (Å²) in [5.74, 6) is 1.28. The average molecular weight is 411 g/mol. The molecule has 0 aliphatic carbocycles. The largest absolute Gasteiger partial charge is 0.493 e. The topological polar surface area (TPSA) is 69.2 Å². The zero-order chi connectivity index (χ0) is 19.8. The van der Waals surface area contributed by atoms with Crippen LogP contribution in [0.1, 0.15) is 12.5 Å². The lowest BCUT2D eigenvalue weighted by Crippen LogP contribution is -2.25. The van der Waals surface area contributed by atoms with Gasteiger partial charge in [0.05, 0.1) is 19.2 Å². The van der Waals surface area contributed by atoms with Crippen LogP contribution in [0.15, 0.2) is 41.5 Å². The van der Waals surface area contributed by atoms with Gasteiger partial charge in [0, 0.05) is 17.2 Å². The predicted molar refractivity (Wildman–Crippen MR) is 106 cm³/mol. The summed E-state index contributed by atoms with van der Waals surface area (Å²) >= 11 is 11.8. The van der Waals surface area contributed by atoms with Crippen molar-refractivity contribution in [3.63, 3.8) is 0 Å². The molecule has 0 heterocycles. The minimum absolute atomic E-state index is 0.214. The third kappa shape index (κ3) is 6.34. The van der Waals surface area contributed by atoms with Gasteiger partial charge in [0.15, 0.2) is 18.1 Å². The summed E-state index contributed by atoms with van der Waals surface area (Å²) in [6.07, 6.45) is 0.546. The number of hydrazone groups is 1. The molecule has 0 radical (unpaired) electrons. The van der Waals surface area contributed by atoms with Gasteiger partial charge >= 0.3 is 0 Å². The average Bonchev–Trinajstić information content (AvgIpc) is 2.65. The predicted octanol–water partition coefficient (Wildman–Crippen LogP) is 4.12. The van der Waals surface area contributed by atoms with Gasteiger partial charge in [0.2, 0.25) is 0 Å². The Kier molecular flexibility index (Phi) is 7.76. The minimum atomic E-state index is -0.396. The van der Waals surface area contributed by atoms with Crippen LogP contribution in [0.3, 0.4) is 0 Å². The summed E-state index contributed by atoms with van der Waals surface area (Å²) in [5.41, 5.74) is 4.16. The number of rotatable bonds is 8. The first kappa shape index (κ1) is 20.9. The fourth-order valence-electron chi connectivity index (χ4n) is 2.25. The standard InChI is InChI=1S/C19H20Cl2N2O4/c1-12(8-13-4-6-17(25-2)18(9-13)26-3)22-23-19(24)11-27-16-7-5-14(20)10-15(16)21/h4-7,9-10H,8,11H2,1-3H3,(H,23,24)/b22-12-. The number of hydrogen-bond acceptors (Lipinski definition) is 5. The lowest BCUT2D eigenvalue weighted by Gasteiger charge is -2.10. The molecule has 1 N–H and O–H groups in total. The molecule has 6 nitrogen and oxygen atoms in total. The zero-order valence-corrected chi connectivity index (χ0v) is 16.7. The highest BCUT2D eigenvalue weighted by Crippen LogP contribution is 2.28. The van der Waals surface area contributed by atoms with Crippen molar-refractivity contribution < 1.29 is 19.0 Å².